The highest BCUT2D eigenvalue weighted by Gasteiger charge is 2.31. The molecule has 0 atom stereocenters. The summed E-state index contributed by atoms with van der Waals surface area (Å²) in [5.74, 6) is 0.771. The lowest BCUT2D eigenvalue weighted by atomic mass is 9.78. The SMILES string of the molecule is C=C(NC1CCC1)C(C)C.CC(=O)N1CC(NC(C)C)C1.CC(C)NC1(C)CCC1.CC(C)NC1CC(O)C1.CC(C)NC1CC(O)C1. The Hall–Kier alpha value is -1.23. The lowest BCUT2D eigenvalue weighted by molar-refractivity contribution is -0.133. The van der Waals surface area contributed by atoms with E-state index in [1.54, 1.807) is 6.92 Å². The summed E-state index contributed by atoms with van der Waals surface area (Å²) in [6.07, 6.45) is 11.9. The van der Waals surface area contributed by atoms with E-state index in [-0.39, 0.29) is 18.1 Å². The van der Waals surface area contributed by atoms with Gasteiger partial charge in [-0.3, -0.25) is 4.79 Å². The zero-order chi connectivity index (χ0) is 36.6. The van der Waals surface area contributed by atoms with E-state index in [1.807, 2.05) is 4.90 Å². The summed E-state index contributed by atoms with van der Waals surface area (Å²) < 4.78 is 0. The van der Waals surface area contributed by atoms with E-state index in [9.17, 15) is 4.79 Å². The van der Waals surface area contributed by atoms with Crippen LogP contribution in [0.3, 0.4) is 0 Å². The number of hydrogen-bond acceptors (Lipinski definition) is 8. The standard InChI is InChI=1S/C9H17N.C8H16N2O.C8H17N.2C7H15NO/c1-7(2)8(3)10-9-5-4-6-9;1-6(2)9-8-4-10(5-8)7(3)11;1-7(2)9-8(3)5-4-6-8;2*1-5(2)8-6-3-7(9)4-6/h7,9-10H,3-6H2,1-2H3;6,8-9H,4-5H2,1-3H3;7,9H,4-6H2,1-3H3;2*5-9H,3-4H2,1-2H3. The number of rotatable bonds is 11. The van der Waals surface area contributed by atoms with Crippen LogP contribution in [0.15, 0.2) is 12.3 Å². The number of hydrogen-bond donors (Lipinski definition) is 7. The Morgan fingerprint density at radius 2 is 1.10 bits per heavy atom. The van der Waals surface area contributed by atoms with E-state index in [2.05, 4.69) is 109 Å². The van der Waals surface area contributed by atoms with Crippen LogP contribution in [0.25, 0.3) is 0 Å². The summed E-state index contributed by atoms with van der Waals surface area (Å²) in [6, 6.07) is 4.73. The van der Waals surface area contributed by atoms with E-state index >= 15 is 0 Å². The van der Waals surface area contributed by atoms with Gasteiger partial charge in [0.25, 0.3) is 0 Å². The molecule has 0 bridgehead atoms. The lowest BCUT2D eigenvalue weighted by Crippen LogP contribution is -2.60. The molecule has 0 spiro atoms. The minimum Gasteiger partial charge on any atom is -0.393 e. The van der Waals surface area contributed by atoms with Crippen LogP contribution < -0.4 is 26.6 Å². The quantitative estimate of drug-likeness (QED) is 0.154. The molecule has 284 valence electrons. The minimum atomic E-state index is -0.0266. The number of allylic oxidation sites excluding steroid dienone is 1. The molecular weight excluding hydrogens is 600 g/mol. The van der Waals surface area contributed by atoms with E-state index in [0.717, 1.165) is 44.8 Å². The first-order chi connectivity index (χ1) is 22.3. The topological polar surface area (TPSA) is 121 Å². The van der Waals surface area contributed by atoms with Crippen molar-refractivity contribution < 1.29 is 15.0 Å². The van der Waals surface area contributed by atoms with Gasteiger partial charge in [0.05, 0.1) is 12.2 Å². The number of nitrogens with one attached hydrogen (secondary N) is 5. The normalized spacial score (nSPS) is 25.7. The van der Waals surface area contributed by atoms with Gasteiger partial charge in [-0.1, -0.05) is 75.8 Å². The summed E-state index contributed by atoms with van der Waals surface area (Å²) in [5.41, 5.74) is 1.69. The van der Waals surface area contributed by atoms with Crippen molar-refractivity contribution in [1.82, 2.24) is 31.5 Å². The van der Waals surface area contributed by atoms with Crippen LogP contribution in [0.5, 0.6) is 0 Å². The second-order valence-electron chi connectivity index (χ2n) is 16.9. The highest BCUT2D eigenvalue weighted by atomic mass is 16.3. The van der Waals surface area contributed by atoms with Gasteiger partial charge in [-0.2, -0.15) is 0 Å². The van der Waals surface area contributed by atoms with Crippen molar-refractivity contribution in [3.8, 4) is 0 Å². The monoisotopic (exact) mass is 681 g/mol. The zero-order valence-corrected chi connectivity index (χ0v) is 33.3. The van der Waals surface area contributed by atoms with Crippen LogP contribution in [0.2, 0.25) is 0 Å². The van der Waals surface area contributed by atoms with E-state index < -0.39 is 0 Å². The second-order valence-corrected chi connectivity index (χ2v) is 16.9. The molecule has 1 heterocycles. The summed E-state index contributed by atoms with van der Waals surface area (Å²) in [6.45, 7) is 31.2. The largest absolute Gasteiger partial charge is 0.393 e. The van der Waals surface area contributed by atoms with Gasteiger partial charge < -0.3 is 41.7 Å². The van der Waals surface area contributed by atoms with Crippen LogP contribution >= 0.6 is 0 Å². The Morgan fingerprint density at radius 1 is 0.688 bits per heavy atom. The third kappa shape index (κ3) is 19.8. The fourth-order valence-corrected chi connectivity index (χ4v) is 6.23. The second kappa shape index (κ2) is 22.6. The van der Waals surface area contributed by atoms with Crippen molar-refractivity contribution in [3.63, 3.8) is 0 Å². The van der Waals surface area contributed by atoms with Gasteiger partial charge in [-0.05, 0) is 77.0 Å². The molecule has 0 aromatic carbocycles. The molecule has 0 aromatic heterocycles. The van der Waals surface area contributed by atoms with Crippen LogP contribution in [0, 0.1) is 5.92 Å². The van der Waals surface area contributed by atoms with E-state index in [1.165, 1.54) is 44.2 Å². The predicted octanol–water partition coefficient (Wildman–Crippen LogP) is 5.46. The Kier molecular flexibility index (Phi) is 21.1. The van der Waals surface area contributed by atoms with Crippen molar-refractivity contribution >= 4 is 5.91 Å². The molecule has 1 aliphatic heterocycles. The molecule has 9 nitrogen and oxygen atoms in total. The van der Waals surface area contributed by atoms with Crippen molar-refractivity contribution in [2.24, 2.45) is 5.92 Å². The first kappa shape index (κ1) is 44.8. The lowest BCUT2D eigenvalue weighted by Gasteiger charge is -2.41. The molecule has 5 rings (SSSR count). The molecule has 1 amide bonds. The number of likely N-dealkylation sites (tertiary alicyclic amines) is 1. The van der Waals surface area contributed by atoms with Crippen LogP contribution in [-0.4, -0.2) is 100 Å². The molecule has 5 fully saturated rings. The fraction of sp³-hybridized carbons (Fsp3) is 0.923. The molecule has 9 heteroatoms. The first-order valence-corrected chi connectivity index (χ1v) is 19.4. The van der Waals surface area contributed by atoms with Gasteiger partial charge >= 0.3 is 0 Å². The van der Waals surface area contributed by atoms with Gasteiger partial charge in [0.1, 0.15) is 0 Å². The zero-order valence-electron chi connectivity index (χ0n) is 33.3. The molecular formula is C39H80N6O3. The van der Waals surface area contributed by atoms with Gasteiger partial charge in [0.15, 0.2) is 0 Å². The summed E-state index contributed by atoms with van der Waals surface area (Å²) in [4.78, 5) is 12.6. The number of amides is 1. The predicted molar refractivity (Wildman–Crippen MR) is 204 cm³/mol. The summed E-state index contributed by atoms with van der Waals surface area (Å²) in [5, 5.41) is 34.8. The summed E-state index contributed by atoms with van der Waals surface area (Å²) in [7, 11) is 0. The van der Waals surface area contributed by atoms with Crippen molar-refractivity contribution in [3.05, 3.63) is 12.3 Å². The number of carbonyl (C=O) groups is 1. The molecule has 4 aliphatic carbocycles. The van der Waals surface area contributed by atoms with Gasteiger partial charge in [-0.25, -0.2) is 0 Å². The molecule has 0 radical (unpaired) electrons. The molecule has 5 aliphatic rings. The molecule has 0 aromatic rings. The highest BCUT2D eigenvalue weighted by Crippen LogP contribution is 2.31. The fourth-order valence-electron chi connectivity index (χ4n) is 6.23. The Morgan fingerprint density at radius 3 is 1.33 bits per heavy atom. The number of aliphatic hydroxyl groups excluding tert-OH is 2. The smallest absolute Gasteiger partial charge is 0.219 e. The van der Waals surface area contributed by atoms with Crippen molar-refractivity contribution in [1.29, 1.82) is 0 Å². The number of aliphatic hydroxyl groups is 2. The highest BCUT2D eigenvalue weighted by molar-refractivity contribution is 5.74. The van der Waals surface area contributed by atoms with Gasteiger partial charge in [-0.15, -0.1) is 0 Å². The van der Waals surface area contributed by atoms with Gasteiger partial charge in [0, 0.05) is 79.6 Å². The Bertz CT molecular complexity index is 845. The molecule has 4 saturated carbocycles. The number of nitrogens with zero attached hydrogens (tertiary/aromatic N) is 1. The average molecular weight is 681 g/mol. The first-order valence-electron chi connectivity index (χ1n) is 19.4. The number of carbonyl (C=O) groups excluding carboxylic acids is 1. The van der Waals surface area contributed by atoms with Gasteiger partial charge in [0.2, 0.25) is 5.91 Å². The Labute approximate surface area is 296 Å². The average Bonchev–Trinajstić information content (AvgIpc) is 2.85. The Balaban J connectivity index is 0.000000301. The maximum absolute atomic E-state index is 10.8. The van der Waals surface area contributed by atoms with Crippen molar-refractivity contribution in [2.75, 3.05) is 13.1 Å². The van der Waals surface area contributed by atoms with Crippen LogP contribution in [0.1, 0.15) is 147 Å². The van der Waals surface area contributed by atoms with E-state index in [4.69, 9.17) is 10.2 Å². The summed E-state index contributed by atoms with van der Waals surface area (Å²) >= 11 is 0. The molecule has 48 heavy (non-hydrogen) atoms. The van der Waals surface area contributed by atoms with Crippen LogP contribution in [0.4, 0.5) is 0 Å². The third-order valence-electron chi connectivity index (χ3n) is 9.55. The minimum absolute atomic E-state index is 0.0266. The van der Waals surface area contributed by atoms with Crippen LogP contribution in [-0.2, 0) is 4.79 Å². The van der Waals surface area contributed by atoms with E-state index in [0.29, 0.717) is 53.7 Å². The third-order valence-corrected chi connectivity index (χ3v) is 9.55. The molecule has 7 N–H and O–H groups in total. The maximum atomic E-state index is 10.8. The molecule has 0 unspecified atom stereocenters. The maximum Gasteiger partial charge on any atom is 0.219 e. The molecule has 1 saturated heterocycles. The van der Waals surface area contributed by atoms with Crippen molar-refractivity contribution in [2.45, 2.75) is 213 Å².